The fourth-order valence-electron chi connectivity index (χ4n) is 1.57. The third-order valence-electron chi connectivity index (χ3n) is 2.48. The molecular formula is C13H18N2O. The molecule has 0 amide bonds. The zero-order chi connectivity index (χ0) is 11.5. The van der Waals surface area contributed by atoms with E-state index in [1.807, 2.05) is 18.2 Å². The van der Waals surface area contributed by atoms with Gasteiger partial charge in [0, 0.05) is 18.2 Å². The van der Waals surface area contributed by atoms with Crippen LogP contribution in [0.2, 0.25) is 0 Å². The molecule has 1 N–H and O–H groups in total. The number of hydrogen-bond acceptors (Lipinski definition) is 3. The van der Waals surface area contributed by atoms with E-state index < -0.39 is 0 Å². The molecule has 0 spiro atoms. The molecule has 0 aliphatic heterocycles. The van der Waals surface area contributed by atoms with Crippen LogP contribution < -0.4 is 5.32 Å². The average molecular weight is 218 g/mol. The van der Waals surface area contributed by atoms with Crippen molar-refractivity contribution in [1.29, 1.82) is 0 Å². The van der Waals surface area contributed by atoms with Gasteiger partial charge < -0.3 is 9.73 Å². The fourth-order valence-corrected chi connectivity index (χ4v) is 1.57. The summed E-state index contributed by atoms with van der Waals surface area (Å²) in [6.07, 6.45) is 1.12. The first-order chi connectivity index (χ1) is 7.70. The molecule has 0 saturated heterocycles. The first-order valence-electron chi connectivity index (χ1n) is 5.85. The Labute approximate surface area is 95.9 Å². The minimum Gasteiger partial charge on any atom is -0.440 e. The second kappa shape index (κ2) is 4.56. The summed E-state index contributed by atoms with van der Waals surface area (Å²) in [4.78, 5) is 4.47. The van der Waals surface area contributed by atoms with Gasteiger partial charge in [0.1, 0.15) is 5.52 Å². The number of nitrogens with one attached hydrogen (secondary N) is 1. The molecule has 0 aliphatic rings. The van der Waals surface area contributed by atoms with Crippen LogP contribution in [-0.4, -0.2) is 11.5 Å². The third kappa shape index (κ3) is 2.18. The summed E-state index contributed by atoms with van der Waals surface area (Å²) >= 11 is 0. The van der Waals surface area contributed by atoms with Gasteiger partial charge in [-0.15, -0.1) is 0 Å². The molecule has 0 saturated carbocycles. The minimum atomic E-state index is 0.333. The van der Waals surface area contributed by atoms with E-state index in [0.29, 0.717) is 5.92 Å². The minimum absolute atomic E-state index is 0.333. The Balaban J connectivity index is 2.30. The second-order valence-corrected chi connectivity index (χ2v) is 4.32. The maximum atomic E-state index is 5.65. The smallest absolute Gasteiger partial charge is 0.198 e. The van der Waals surface area contributed by atoms with E-state index in [2.05, 4.69) is 31.1 Å². The van der Waals surface area contributed by atoms with Crippen LogP contribution >= 0.6 is 0 Å². The van der Waals surface area contributed by atoms with Gasteiger partial charge in [-0.2, -0.15) is 0 Å². The Morgan fingerprint density at radius 1 is 1.38 bits per heavy atom. The molecule has 0 aliphatic carbocycles. The Kier molecular flexibility index (Phi) is 3.13. The Bertz CT molecular complexity index is 474. The van der Waals surface area contributed by atoms with Crippen LogP contribution in [0.5, 0.6) is 0 Å². The van der Waals surface area contributed by atoms with Gasteiger partial charge in [-0.1, -0.05) is 20.8 Å². The highest BCUT2D eigenvalue weighted by molar-refractivity contribution is 5.77. The van der Waals surface area contributed by atoms with Crippen molar-refractivity contribution in [2.75, 3.05) is 11.9 Å². The van der Waals surface area contributed by atoms with Crippen molar-refractivity contribution in [3.8, 4) is 0 Å². The molecule has 0 fully saturated rings. The average Bonchev–Trinajstić information content (AvgIpc) is 2.69. The van der Waals surface area contributed by atoms with E-state index in [9.17, 15) is 0 Å². The molecular weight excluding hydrogens is 200 g/mol. The fraction of sp³-hybridized carbons (Fsp3) is 0.462. The summed E-state index contributed by atoms with van der Waals surface area (Å²) < 4.78 is 5.65. The van der Waals surface area contributed by atoms with Gasteiger partial charge in [-0.25, -0.2) is 4.98 Å². The summed E-state index contributed by atoms with van der Waals surface area (Å²) in [5.74, 6) is 1.14. The molecule has 0 atom stereocenters. The molecule has 1 aromatic heterocycles. The molecule has 2 aromatic rings. The van der Waals surface area contributed by atoms with Crippen LogP contribution in [0, 0.1) is 0 Å². The maximum absolute atomic E-state index is 5.65. The van der Waals surface area contributed by atoms with Gasteiger partial charge in [0.2, 0.25) is 0 Å². The van der Waals surface area contributed by atoms with Crippen molar-refractivity contribution in [1.82, 2.24) is 4.98 Å². The number of anilines is 1. The lowest BCUT2D eigenvalue weighted by molar-refractivity contribution is 0.501. The number of hydrogen-bond donors (Lipinski definition) is 1. The van der Waals surface area contributed by atoms with E-state index >= 15 is 0 Å². The Hall–Kier alpha value is -1.51. The van der Waals surface area contributed by atoms with Crippen molar-refractivity contribution < 1.29 is 4.42 Å². The highest BCUT2D eigenvalue weighted by atomic mass is 16.3. The van der Waals surface area contributed by atoms with Crippen LogP contribution in [0.3, 0.4) is 0 Å². The number of oxazole rings is 1. The predicted octanol–water partition coefficient (Wildman–Crippen LogP) is 3.77. The van der Waals surface area contributed by atoms with Crippen LogP contribution in [0.4, 0.5) is 5.69 Å². The zero-order valence-electron chi connectivity index (χ0n) is 10.1. The number of benzene rings is 1. The molecule has 0 unspecified atom stereocenters. The lowest BCUT2D eigenvalue weighted by Crippen LogP contribution is -1.98. The molecule has 3 nitrogen and oxygen atoms in total. The van der Waals surface area contributed by atoms with Crippen molar-refractivity contribution in [2.24, 2.45) is 0 Å². The van der Waals surface area contributed by atoms with Gasteiger partial charge in [0.05, 0.1) is 0 Å². The number of fused-ring (bicyclic) bond motifs is 1. The quantitative estimate of drug-likeness (QED) is 0.848. The van der Waals surface area contributed by atoms with Gasteiger partial charge in [-0.3, -0.25) is 0 Å². The van der Waals surface area contributed by atoms with E-state index in [1.54, 1.807) is 0 Å². The largest absolute Gasteiger partial charge is 0.440 e. The van der Waals surface area contributed by atoms with Crippen LogP contribution in [0.1, 0.15) is 39.0 Å². The van der Waals surface area contributed by atoms with Crippen molar-refractivity contribution in [2.45, 2.75) is 33.1 Å². The molecule has 1 aromatic carbocycles. The van der Waals surface area contributed by atoms with Gasteiger partial charge >= 0.3 is 0 Å². The first kappa shape index (κ1) is 11.0. The summed E-state index contributed by atoms with van der Waals surface area (Å²) in [6.45, 7) is 7.31. The first-order valence-corrected chi connectivity index (χ1v) is 5.85. The van der Waals surface area contributed by atoms with Gasteiger partial charge in [0.25, 0.3) is 0 Å². The summed E-state index contributed by atoms with van der Waals surface area (Å²) in [5.41, 5.74) is 2.91. The number of rotatable bonds is 4. The topological polar surface area (TPSA) is 38.1 Å². The monoisotopic (exact) mass is 218 g/mol. The normalized spacial score (nSPS) is 11.2. The highest BCUT2D eigenvalue weighted by Crippen LogP contribution is 2.23. The molecule has 16 heavy (non-hydrogen) atoms. The Morgan fingerprint density at radius 2 is 2.19 bits per heavy atom. The standard InChI is InChI=1S/C13H18N2O/c1-4-7-14-10-5-6-12-11(8-10)15-13(16-12)9(2)3/h5-6,8-9,14H,4,7H2,1-3H3. The molecule has 2 rings (SSSR count). The van der Waals surface area contributed by atoms with Crippen LogP contribution in [0.25, 0.3) is 11.1 Å². The van der Waals surface area contributed by atoms with E-state index in [-0.39, 0.29) is 0 Å². The third-order valence-corrected chi connectivity index (χ3v) is 2.48. The summed E-state index contributed by atoms with van der Waals surface area (Å²) in [6, 6.07) is 6.06. The SMILES string of the molecule is CCCNc1ccc2oc(C(C)C)nc2c1. The van der Waals surface area contributed by atoms with Crippen molar-refractivity contribution >= 4 is 16.8 Å². The molecule has 0 radical (unpaired) electrons. The zero-order valence-corrected chi connectivity index (χ0v) is 10.1. The van der Waals surface area contributed by atoms with Gasteiger partial charge in [-0.05, 0) is 24.6 Å². The van der Waals surface area contributed by atoms with E-state index in [0.717, 1.165) is 35.6 Å². The lowest BCUT2D eigenvalue weighted by Gasteiger charge is -2.02. The predicted molar refractivity (Wildman–Crippen MR) is 66.9 cm³/mol. The molecule has 1 heterocycles. The van der Waals surface area contributed by atoms with E-state index in [1.165, 1.54) is 0 Å². The Morgan fingerprint density at radius 3 is 2.88 bits per heavy atom. The van der Waals surface area contributed by atoms with E-state index in [4.69, 9.17) is 4.42 Å². The summed E-state index contributed by atoms with van der Waals surface area (Å²) in [5, 5.41) is 3.34. The van der Waals surface area contributed by atoms with Gasteiger partial charge in [0.15, 0.2) is 11.5 Å². The lowest BCUT2D eigenvalue weighted by atomic mass is 10.2. The molecule has 3 heteroatoms. The molecule has 0 bridgehead atoms. The maximum Gasteiger partial charge on any atom is 0.198 e. The highest BCUT2D eigenvalue weighted by Gasteiger charge is 2.09. The van der Waals surface area contributed by atoms with Crippen LogP contribution in [0.15, 0.2) is 22.6 Å². The number of aromatic nitrogens is 1. The molecule has 86 valence electrons. The van der Waals surface area contributed by atoms with Crippen molar-refractivity contribution in [3.05, 3.63) is 24.1 Å². The van der Waals surface area contributed by atoms with Crippen LogP contribution in [-0.2, 0) is 0 Å². The second-order valence-electron chi connectivity index (χ2n) is 4.32. The number of nitrogens with zero attached hydrogens (tertiary/aromatic N) is 1. The summed E-state index contributed by atoms with van der Waals surface area (Å²) in [7, 11) is 0. The van der Waals surface area contributed by atoms with Crippen molar-refractivity contribution in [3.63, 3.8) is 0 Å².